The maximum atomic E-state index is 13.4. The van der Waals surface area contributed by atoms with Crippen molar-refractivity contribution in [2.45, 2.75) is 25.6 Å². The molecule has 2 heterocycles. The molecule has 158 valence electrons. The number of hydrogen-bond acceptors (Lipinski definition) is 4. The van der Waals surface area contributed by atoms with E-state index in [0.717, 1.165) is 39.0 Å². The third kappa shape index (κ3) is 3.10. The zero-order valence-corrected chi connectivity index (χ0v) is 17.6. The molecule has 0 N–H and O–H groups in total. The van der Waals surface area contributed by atoms with Crippen LogP contribution in [0.2, 0.25) is 0 Å². The number of rotatable bonds is 4. The van der Waals surface area contributed by atoms with E-state index in [9.17, 15) is 9.59 Å². The number of amides is 2. The summed E-state index contributed by atoms with van der Waals surface area (Å²) in [6.45, 7) is 0.863. The van der Waals surface area contributed by atoms with Gasteiger partial charge in [0.2, 0.25) is 11.8 Å². The fraction of sp³-hybridized carbons (Fsp3) is 0.280. The quantitative estimate of drug-likeness (QED) is 0.656. The van der Waals surface area contributed by atoms with Crippen molar-refractivity contribution in [3.63, 3.8) is 0 Å². The highest BCUT2D eigenvalue weighted by Crippen LogP contribution is 2.45. The Balaban J connectivity index is 1.57. The highest BCUT2D eigenvalue weighted by molar-refractivity contribution is 5.99. The van der Waals surface area contributed by atoms with Gasteiger partial charge in [0.05, 0.1) is 20.8 Å². The van der Waals surface area contributed by atoms with Crippen LogP contribution in [0.3, 0.4) is 0 Å². The number of carbonyl (C=O) groups excluding carboxylic acids is 2. The van der Waals surface area contributed by atoms with E-state index in [0.29, 0.717) is 19.5 Å². The van der Waals surface area contributed by atoms with Crippen LogP contribution in [0.5, 0.6) is 11.5 Å². The monoisotopic (exact) mass is 416 g/mol. The van der Waals surface area contributed by atoms with Crippen LogP contribution in [-0.4, -0.2) is 48.4 Å². The highest BCUT2D eigenvalue weighted by atomic mass is 16.5. The molecule has 1 unspecified atom stereocenters. The Labute approximate surface area is 181 Å². The van der Waals surface area contributed by atoms with Gasteiger partial charge in [0.15, 0.2) is 0 Å². The first-order chi connectivity index (χ1) is 15.1. The molecule has 5 rings (SSSR count). The lowest BCUT2D eigenvalue weighted by Gasteiger charge is -2.44. The Kier molecular flexibility index (Phi) is 4.77. The first-order valence-corrected chi connectivity index (χ1v) is 10.4. The van der Waals surface area contributed by atoms with Crippen LogP contribution in [0.15, 0.2) is 54.6 Å². The molecule has 0 saturated carbocycles. The van der Waals surface area contributed by atoms with Crippen LogP contribution in [-0.2, 0) is 29.1 Å². The van der Waals surface area contributed by atoms with Crippen molar-refractivity contribution < 1.29 is 19.1 Å². The Morgan fingerprint density at radius 3 is 2.10 bits per heavy atom. The molecule has 2 aliphatic rings. The van der Waals surface area contributed by atoms with Gasteiger partial charge in [-0.15, -0.1) is 0 Å². The lowest BCUT2D eigenvalue weighted by atomic mass is 9.87. The van der Waals surface area contributed by atoms with Crippen LogP contribution in [0, 0.1) is 0 Å². The van der Waals surface area contributed by atoms with E-state index in [4.69, 9.17) is 9.47 Å². The summed E-state index contributed by atoms with van der Waals surface area (Å²) >= 11 is 0. The molecule has 0 bridgehead atoms. The predicted octanol–water partition coefficient (Wildman–Crippen LogP) is 3.15. The molecule has 1 saturated heterocycles. The average Bonchev–Trinajstić information content (AvgIpc) is 2.80. The molecule has 3 aromatic rings. The Hall–Kier alpha value is -3.54. The molecule has 0 aliphatic carbocycles. The zero-order valence-electron chi connectivity index (χ0n) is 17.6. The number of ether oxygens (including phenoxy) is 2. The summed E-state index contributed by atoms with van der Waals surface area (Å²) in [4.78, 5) is 29.8. The molecule has 2 aliphatic heterocycles. The second-order valence-electron chi connectivity index (χ2n) is 7.99. The molecular formula is C25H24N2O4. The highest BCUT2D eigenvalue weighted by Gasteiger charge is 2.44. The van der Waals surface area contributed by atoms with Crippen molar-refractivity contribution in [2.24, 2.45) is 0 Å². The van der Waals surface area contributed by atoms with Crippen LogP contribution in [0.1, 0.15) is 16.7 Å². The maximum Gasteiger partial charge on any atom is 0.246 e. The SMILES string of the molecule is COc1c2c(c(OC)c3ccccc13)CN1C(=O)CN(Cc3ccccc3)C(=O)C1C2. The maximum absolute atomic E-state index is 13.4. The van der Waals surface area contributed by atoms with Gasteiger partial charge in [-0.3, -0.25) is 9.59 Å². The number of hydrogen-bond donors (Lipinski definition) is 0. The Bertz CT molecular complexity index is 1180. The van der Waals surface area contributed by atoms with Gasteiger partial charge in [0.1, 0.15) is 24.1 Å². The standard InChI is InChI=1S/C25H24N2O4/c1-30-23-17-10-6-7-11-18(17)24(31-2)20-14-27-21(12-19(20)23)25(29)26(15-22(27)28)13-16-8-4-3-5-9-16/h3-11,21H,12-15H2,1-2H3. The molecule has 1 fully saturated rings. The summed E-state index contributed by atoms with van der Waals surface area (Å²) in [7, 11) is 3.29. The van der Waals surface area contributed by atoms with Crippen molar-refractivity contribution in [1.82, 2.24) is 9.80 Å². The molecule has 1 atom stereocenters. The van der Waals surface area contributed by atoms with E-state index < -0.39 is 6.04 Å². The largest absolute Gasteiger partial charge is 0.496 e. The Morgan fingerprint density at radius 2 is 1.45 bits per heavy atom. The third-order valence-corrected chi connectivity index (χ3v) is 6.30. The number of fused-ring (bicyclic) bond motifs is 3. The normalized spacial score (nSPS) is 18.1. The topological polar surface area (TPSA) is 59.1 Å². The predicted molar refractivity (Wildman–Crippen MR) is 117 cm³/mol. The molecule has 3 aromatic carbocycles. The molecule has 6 nitrogen and oxygen atoms in total. The Morgan fingerprint density at radius 1 is 0.839 bits per heavy atom. The summed E-state index contributed by atoms with van der Waals surface area (Å²) < 4.78 is 11.6. The third-order valence-electron chi connectivity index (χ3n) is 6.30. The second-order valence-corrected chi connectivity index (χ2v) is 7.99. The first kappa shape index (κ1) is 19.4. The molecule has 0 radical (unpaired) electrons. The van der Waals surface area contributed by atoms with Crippen molar-refractivity contribution in [3.8, 4) is 11.5 Å². The molecule has 6 heteroatoms. The van der Waals surface area contributed by atoms with Gasteiger partial charge < -0.3 is 19.3 Å². The van der Waals surface area contributed by atoms with E-state index in [1.807, 2.05) is 54.6 Å². The number of methoxy groups -OCH3 is 2. The molecule has 2 amide bonds. The summed E-state index contributed by atoms with van der Waals surface area (Å²) in [5.41, 5.74) is 2.88. The molecule has 0 spiro atoms. The number of nitrogens with zero attached hydrogens (tertiary/aromatic N) is 2. The summed E-state index contributed by atoms with van der Waals surface area (Å²) in [5.74, 6) is 1.44. The fourth-order valence-electron chi connectivity index (χ4n) is 4.87. The summed E-state index contributed by atoms with van der Waals surface area (Å²) in [6, 6.07) is 17.2. The minimum atomic E-state index is -0.530. The molecule has 31 heavy (non-hydrogen) atoms. The van der Waals surface area contributed by atoms with Crippen LogP contribution in [0.4, 0.5) is 0 Å². The number of carbonyl (C=O) groups is 2. The number of benzene rings is 3. The first-order valence-electron chi connectivity index (χ1n) is 10.4. The van der Waals surface area contributed by atoms with Gasteiger partial charge in [0, 0.05) is 34.9 Å². The smallest absolute Gasteiger partial charge is 0.246 e. The zero-order chi connectivity index (χ0) is 21.5. The van der Waals surface area contributed by atoms with Crippen LogP contribution >= 0.6 is 0 Å². The van der Waals surface area contributed by atoms with E-state index in [1.54, 1.807) is 24.0 Å². The van der Waals surface area contributed by atoms with Gasteiger partial charge in [0.25, 0.3) is 0 Å². The van der Waals surface area contributed by atoms with Gasteiger partial charge in [-0.2, -0.15) is 0 Å². The van der Waals surface area contributed by atoms with Gasteiger partial charge >= 0.3 is 0 Å². The molecule has 0 aromatic heterocycles. The van der Waals surface area contributed by atoms with Crippen LogP contribution < -0.4 is 9.47 Å². The minimum absolute atomic E-state index is 0.0247. The van der Waals surface area contributed by atoms with E-state index in [1.165, 1.54) is 0 Å². The number of piperazine rings is 1. The van der Waals surface area contributed by atoms with Crippen molar-refractivity contribution in [1.29, 1.82) is 0 Å². The lowest BCUT2D eigenvalue weighted by molar-refractivity contribution is -0.157. The van der Waals surface area contributed by atoms with Gasteiger partial charge in [-0.25, -0.2) is 0 Å². The van der Waals surface area contributed by atoms with E-state index in [2.05, 4.69) is 0 Å². The van der Waals surface area contributed by atoms with Crippen molar-refractivity contribution >= 4 is 22.6 Å². The summed E-state index contributed by atoms with van der Waals surface area (Å²) in [5, 5.41) is 1.89. The van der Waals surface area contributed by atoms with Crippen LogP contribution in [0.25, 0.3) is 10.8 Å². The summed E-state index contributed by atoms with van der Waals surface area (Å²) in [6.07, 6.45) is 0.412. The van der Waals surface area contributed by atoms with Gasteiger partial charge in [-0.05, 0) is 5.56 Å². The van der Waals surface area contributed by atoms with Gasteiger partial charge in [-0.1, -0.05) is 54.6 Å². The fourth-order valence-corrected chi connectivity index (χ4v) is 4.87. The van der Waals surface area contributed by atoms with E-state index in [-0.39, 0.29) is 18.4 Å². The lowest BCUT2D eigenvalue weighted by Crippen LogP contribution is -2.61. The average molecular weight is 416 g/mol. The van der Waals surface area contributed by atoms with Crippen molar-refractivity contribution in [3.05, 3.63) is 71.3 Å². The molecular weight excluding hydrogens is 392 g/mol. The van der Waals surface area contributed by atoms with E-state index >= 15 is 0 Å². The van der Waals surface area contributed by atoms with Crippen molar-refractivity contribution in [2.75, 3.05) is 20.8 Å². The second kappa shape index (κ2) is 7.61. The minimum Gasteiger partial charge on any atom is -0.496 e.